The van der Waals surface area contributed by atoms with Crippen LogP contribution in [-0.2, 0) is 15.5 Å². The van der Waals surface area contributed by atoms with Crippen LogP contribution in [0.25, 0.3) is 0 Å². The van der Waals surface area contributed by atoms with Gasteiger partial charge in [0, 0.05) is 16.2 Å². The summed E-state index contributed by atoms with van der Waals surface area (Å²) < 4.78 is 50.7. The maximum Gasteiger partial charge on any atom is 0.240 e. The molecule has 1 atom stereocenters. The van der Waals surface area contributed by atoms with E-state index in [-0.39, 0.29) is 17.5 Å². The Balaban J connectivity index is 2.46. The van der Waals surface area contributed by atoms with E-state index in [1.165, 1.54) is 36.4 Å². The van der Waals surface area contributed by atoms with Crippen molar-refractivity contribution in [2.45, 2.75) is 11.7 Å². The largest absolute Gasteiger partial charge is 0.240 e. The molecule has 106 valence electrons. The Morgan fingerprint density at radius 1 is 0.950 bits per heavy atom. The maximum absolute atomic E-state index is 13.8. The molecule has 1 unspecified atom stereocenters. The molecule has 0 saturated carbocycles. The summed E-state index contributed by atoms with van der Waals surface area (Å²) in [5.74, 6) is -1.23. The van der Waals surface area contributed by atoms with Crippen molar-refractivity contribution in [3.63, 3.8) is 0 Å². The van der Waals surface area contributed by atoms with Gasteiger partial charge in [-0.2, -0.15) is 0 Å². The van der Waals surface area contributed by atoms with E-state index < -0.39 is 25.9 Å². The lowest BCUT2D eigenvalue weighted by molar-refractivity contribution is 0.568. The minimum absolute atomic E-state index is 0.0641. The minimum Gasteiger partial charge on any atom is -0.212 e. The van der Waals surface area contributed by atoms with Gasteiger partial charge in [-0.1, -0.05) is 36.4 Å². The third-order valence-corrected chi connectivity index (χ3v) is 4.70. The summed E-state index contributed by atoms with van der Waals surface area (Å²) >= 11 is 0. The van der Waals surface area contributed by atoms with Crippen molar-refractivity contribution in [3.05, 3.63) is 71.3 Å². The normalized spacial score (nSPS) is 13.2. The third-order valence-electron chi connectivity index (χ3n) is 2.96. The summed E-state index contributed by atoms with van der Waals surface area (Å²) in [6, 6.07) is 11.2. The van der Waals surface area contributed by atoms with Crippen LogP contribution in [0.15, 0.2) is 48.5 Å². The zero-order valence-electron chi connectivity index (χ0n) is 10.3. The van der Waals surface area contributed by atoms with Crippen LogP contribution in [0.2, 0.25) is 0 Å². The fourth-order valence-electron chi connectivity index (χ4n) is 1.96. The molecular weight excluding hydrogens is 306 g/mol. The van der Waals surface area contributed by atoms with Gasteiger partial charge in [0.1, 0.15) is 16.9 Å². The number of hydrogen-bond donors (Lipinski definition) is 0. The van der Waals surface area contributed by atoms with Crippen LogP contribution < -0.4 is 0 Å². The summed E-state index contributed by atoms with van der Waals surface area (Å²) in [4.78, 5) is 0. The second kappa shape index (κ2) is 5.89. The van der Waals surface area contributed by atoms with Gasteiger partial charge in [0.25, 0.3) is 0 Å². The van der Waals surface area contributed by atoms with Gasteiger partial charge in [-0.15, -0.1) is 0 Å². The van der Waals surface area contributed by atoms with E-state index in [9.17, 15) is 17.2 Å². The highest BCUT2D eigenvalue weighted by molar-refractivity contribution is 8.13. The lowest BCUT2D eigenvalue weighted by Crippen LogP contribution is -2.13. The highest BCUT2D eigenvalue weighted by Crippen LogP contribution is 2.31. The molecule has 0 amide bonds. The van der Waals surface area contributed by atoms with Crippen LogP contribution in [0.4, 0.5) is 8.78 Å². The van der Waals surface area contributed by atoms with Gasteiger partial charge < -0.3 is 0 Å². The Morgan fingerprint density at radius 2 is 1.50 bits per heavy atom. The summed E-state index contributed by atoms with van der Waals surface area (Å²) in [5, 5.41) is -1.33. The molecule has 0 N–H and O–H groups in total. The fourth-order valence-corrected chi connectivity index (χ4v) is 3.31. The molecule has 2 aromatic carbocycles. The van der Waals surface area contributed by atoms with Crippen LogP contribution in [-0.4, -0.2) is 8.42 Å². The quantitative estimate of drug-likeness (QED) is 0.804. The van der Waals surface area contributed by atoms with E-state index in [1.54, 1.807) is 6.07 Å². The first-order chi connectivity index (χ1) is 9.39. The summed E-state index contributed by atoms with van der Waals surface area (Å²) in [7, 11) is 1.30. The molecule has 2 nitrogen and oxygen atoms in total. The molecule has 2 aromatic rings. The molecule has 0 aliphatic heterocycles. The molecule has 0 spiro atoms. The standard InChI is InChI=1S/C14H11ClF2O2S/c15-20(18,19)14(11-6-2-4-8-13(11)17)9-10-5-1-3-7-12(10)16/h1-8,14H,9H2. The molecule has 0 saturated heterocycles. The van der Waals surface area contributed by atoms with Gasteiger partial charge in [-0.25, -0.2) is 17.2 Å². The Labute approximate surface area is 120 Å². The molecule has 0 radical (unpaired) electrons. The van der Waals surface area contributed by atoms with E-state index >= 15 is 0 Å². The molecule has 0 aliphatic rings. The SMILES string of the molecule is O=S(=O)(Cl)C(Cc1ccccc1F)c1ccccc1F. The van der Waals surface area contributed by atoms with Crippen molar-refractivity contribution in [3.8, 4) is 0 Å². The molecule has 6 heteroatoms. The zero-order chi connectivity index (χ0) is 14.8. The van der Waals surface area contributed by atoms with Gasteiger partial charge in [0.2, 0.25) is 9.05 Å². The minimum atomic E-state index is -4.09. The van der Waals surface area contributed by atoms with E-state index in [1.807, 2.05) is 0 Å². The van der Waals surface area contributed by atoms with E-state index in [4.69, 9.17) is 10.7 Å². The lowest BCUT2D eigenvalue weighted by Gasteiger charge is -2.15. The lowest BCUT2D eigenvalue weighted by atomic mass is 10.0. The van der Waals surface area contributed by atoms with Crippen molar-refractivity contribution >= 4 is 19.7 Å². The average Bonchev–Trinajstić information content (AvgIpc) is 2.38. The molecule has 0 aromatic heterocycles. The molecule has 0 aliphatic carbocycles. The first-order valence-electron chi connectivity index (χ1n) is 5.81. The van der Waals surface area contributed by atoms with E-state index in [2.05, 4.69) is 0 Å². The second-order valence-electron chi connectivity index (χ2n) is 4.28. The monoisotopic (exact) mass is 316 g/mol. The van der Waals surface area contributed by atoms with E-state index in [0.717, 1.165) is 6.07 Å². The Morgan fingerprint density at radius 3 is 2.05 bits per heavy atom. The second-order valence-corrected chi connectivity index (χ2v) is 7.09. The van der Waals surface area contributed by atoms with Crippen LogP contribution >= 0.6 is 10.7 Å². The van der Waals surface area contributed by atoms with Crippen molar-refractivity contribution in [1.29, 1.82) is 0 Å². The van der Waals surface area contributed by atoms with Gasteiger partial charge in [0.05, 0.1) is 0 Å². The molecule has 0 heterocycles. The predicted octanol–water partition coefficient (Wildman–Crippen LogP) is 3.82. The number of halogens is 3. The fraction of sp³-hybridized carbons (Fsp3) is 0.143. The summed E-state index contributed by atoms with van der Waals surface area (Å²) in [6.45, 7) is 0. The first-order valence-corrected chi connectivity index (χ1v) is 8.18. The molecule has 20 heavy (non-hydrogen) atoms. The third kappa shape index (κ3) is 3.35. The van der Waals surface area contributed by atoms with Crippen molar-refractivity contribution in [1.82, 2.24) is 0 Å². The number of rotatable bonds is 4. The molecule has 2 rings (SSSR count). The predicted molar refractivity (Wildman–Crippen MR) is 74.0 cm³/mol. The van der Waals surface area contributed by atoms with Gasteiger partial charge in [0.15, 0.2) is 0 Å². The van der Waals surface area contributed by atoms with Crippen molar-refractivity contribution < 1.29 is 17.2 Å². The molecular formula is C14H11ClF2O2S. The molecule has 0 bridgehead atoms. The van der Waals surface area contributed by atoms with Gasteiger partial charge in [-0.05, 0) is 24.1 Å². The van der Waals surface area contributed by atoms with Crippen molar-refractivity contribution in [2.24, 2.45) is 0 Å². The van der Waals surface area contributed by atoms with Crippen molar-refractivity contribution in [2.75, 3.05) is 0 Å². The van der Waals surface area contributed by atoms with Crippen LogP contribution in [0.3, 0.4) is 0 Å². The number of hydrogen-bond acceptors (Lipinski definition) is 2. The topological polar surface area (TPSA) is 34.1 Å². The average molecular weight is 317 g/mol. The zero-order valence-corrected chi connectivity index (χ0v) is 11.8. The number of benzene rings is 2. The van der Waals surface area contributed by atoms with E-state index in [0.29, 0.717) is 0 Å². The summed E-state index contributed by atoms with van der Waals surface area (Å²) in [6.07, 6.45) is -0.223. The summed E-state index contributed by atoms with van der Waals surface area (Å²) in [5.41, 5.74) is 0.107. The van der Waals surface area contributed by atoms with Crippen LogP contribution in [0, 0.1) is 11.6 Å². The molecule has 0 fully saturated rings. The van der Waals surface area contributed by atoms with Gasteiger partial charge in [-0.3, -0.25) is 0 Å². The first kappa shape index (κ1) is 14.9. The Hall–Kier alpha value is -1.46. The Kier molecular flexibility index (Phi) is 4.40. The van der Waals surface area contributed by atoms with Crippen LogP contribution in [0.1, 0.15) is 16.4 Å². The highest BCUT2D eigenvalue weighted by atomic mass is 35.7. The van der Waals surface area contributed by atoms with Crippen LogP contribution in [0.5, 0.6) is 0 Å². The van der Waals surface area contributed by atoms with Gasteiger partial charge >= 0.3 is 0 Å². The maximum atomic E-state index is 13.8. The highest BCUT2D eigenvalue weighted by Gasteiger charge is 2.28. The smallest absolute Gasteiger partial charge is 0.212 e. The Bertz CT molecular complexity index is 717.